The average Bonchev–Trinajstić information content (AvgIpc) is 2.01. The first-order valence-corrected chi connectivity index (χ1v) is 5.43. The summed E-state index contributed by atoms with van der Waals surface area (Å²) in [5, 5.41) is 9.73. The molecule has 0 aliphatic heterocycles. The van der Waals surface area contributed by atoms with Crippen molar-refractivity contribution in [2.45, 2.75) is 52.6 Å². The number of hydrogen-bond acceptors (Lipinski definition) is 1. The molecule has 0 rings (SSSR count). The largest absolute Gasteiger partial charge is 0.389 e. The van der Waals surface area contributed by atoms with Gasteiger partial charge in [-0.3, -0.25) is 0 Å². The van der Waals surface area contributed by atoms with E-state index in [2.05, 4.69) is 27.0 Å². The number of rotatable bonds is 7. The van der Waals surface area contributed by atoms with Gasteiger partial charge in [-0.15, -0.1) is 6.58 Å². The van der Waals surface area contributed by atoms with E-state index in [1.54, 1.807) is 0 Å². The van der Waals surface area contributed by atoms with Crippen molar-refractivity contribution in [1.29, 1.82) is 0 Å². The quantitative estimate of drug-likeness (QED) is 0.616. The van der Waals surface area contributed by atoms with Gasteiger partial charge in [0, 0.05) is 0 Å². The average molecular weight is 196 g/mol. The second-order valence-corrected chi connectivity index (χ2v) is 4.61. The molecule has 1 atom stereocenters. The fraction of sp³-hybridized carbons (Fsp3) is 0.692. The highest BCUT2D eigenvalue weighted by Gasteiger charge is 2.10. The molecule has 0 aromatic heterocycles. The lowest BCUT2D eigenvalue weighted by atomic mass is 9.96. The van der Waals surface area contributed by atoms with E-state index >= 15 is 0 Å². The SMILES string of the molecule is C=C(C)CCCC(=C)C(O)CC(C)C. The Labute approximate surface area is 88.5 Å². The third-order valence-electron chi connectivity index (χ3n) is 2.27. The minimum Gasteiger partial charge on any atom is -0.389 e. The van der Waals surface area contributed by atoms with Gasteiger partial charge in [-0.2, -0.15) is 0 Å². The zero-order valence-electron chi connectivity index (χ0n) is 9.84. The first-order valence-electron chi connectivity index (χ1n) is 5.43. The minimum atomic E-state index is -0.319. The molecule has 0 aliphatic carbocycles. The van der Waals surface area contributed by atoms with Gasteiger partial charge in [-0.25, -0.2) is 0 Å². The molecule has 82 valence electrons. The van der Waals surface area contributed by atoms with Gasteiger partial charge < -0.3 is 5.11 Å². The number of allylic oxidation sites excluding steroid dienone is 1. The van der Waals surface area contributed by atoms with Gasteiger partial charge in [0.25, 0.3) is 0 Å². The van der Waals surface area contributed by atoms with Crippen molar-refractivity contribution in [3.8, 4) is 0 Å². The summed E-state index contributed by atoms with van der Waals surface area (Å²) >= 11 is 0. The van der Waals surface area contributed by atoms with E-state index in [0.29, 0.717) is 5.92 Å². The molecule has 0 saturated carbocycles. The maximum Gasteiger partial charge on any atom is 0.0749 e. The summed E-state index contributed by atoms with van der Waals surface area (Å²) in [6.45, 7) is 14.0. The van der Waals surface area contributed by atoms with Gasteiger partial charge in [-0.1, -0.05) is 26.0 Å². The molecule has 0 spiro atoms. The Morgan fingerprint density at radius 1 is 1.21 bits per heavy atom. The van der Waals surface area contributed by atoms with Crippen LogP contribution in [0.4, 0.5) is 0 Å². The molecular formula is C13H24O. The predicted octanol–water partition coefficient (Wildman–Crippen LogP) is 3.70. The molecule has 0 saturated heterocycles. The van der Waals surface area contributed by atoms with Crippen LogP contribution in [0.5, 0.6) is 0 Å². The summed E-state index contributed by atoms with van der Waals surface area (Å²) in [5.41, 5.74) is 2.18. The molecule has 1 N–H and O–H groups in total. The molecule has 0 radical (unpaired) electrons. The molecule has 14 heavy (non-hydrogen) atoms. The van der Waals surface area contributed by atoms with E-state index in [0.717, 1.165) is 31.3 Å². The fourth-order valence-corrected chi connectivity index (χ4v) is 1.40. The van der Waals surface area contributed by atoms with E-state index < -0.39 is 0 Å². The van der Waals surface area contributed by atoms with Crippen molar-refractivity contribution in [2.75, 3.05) is 0 Å². The molecule has 0 fully saturated rings. The molecular weight excluding hydrogens is 172 g/mol. The Kier molecular flexibility index (Phi) is 6.56. The van der Waals surface area contributed by atoms with Crippen molar-refractivity contribution < 1.29 is 5.11 Å². The van der Waals surface area contributed by atoms with Crippen LogP contribution in [0, 0.1) is 5.92 Å². The smallest absolute Gasteiger partial charge is 0.0749 e. The fourth-order valence-electron chi connectivity index (χ4n) is 1.40. The van der Waals surface area contributed by atoms with Crippen molar-refractivity contribution in [1.82, 2.24) is 0 Å². The van der Waals surface area contributed by atoms with Crippen LogP contribution in [0.2, 0.25) is 0 Å². The first-order chi connectivity index (χ1) is 6.43. The van der Waals surface area contributed by atoms with Gasteiger partial charge in [0.05, 0.1) is 6.10 Å². The van der Waals surface area contributed by atoms with E-state index in [4.69, 9.17) is 0 Å². The summed E-state index contributed by atoms with van der Waals surface area (Å²) in [7, 11) is 0. The third kappa shape index (κ3) is 6.90. The highest BCUT2D eigenvalue weighted by atomic mass is 16.3. The summed E-state index contributed by atoms with van der Waals surface area (Å²) < 4.78 is 0. The summed E-state index contributed by atoms with van der Waals surface area (Å²) in [5.74, 6) is 0.530. The van der Waals surface area contributed by atoms with Crippen LogP contribution in [0.25, 0.3) is 0 Å². The molecule has 0 aliphatic rings. The van der Waals surface area contributed by atoms with Crippen molar-refractivity contribution in [2.24, 2.45) is 5.92 Å². The second kappa shape index (κ2) is 6.83. The van der Waals surface area contributed by atoms with Gasteiger partial charge in [0.2, 0.25) is 0 Å². The standard InChI is InChI=1S/C13H24O/c1-10(2)7-6-8-12(5)13(14)9-11(3)4/h11,13-14H,1,5-9H2,2-4H3. The molecule has 0 amide bonds. The lowest BCUT2D eigenvalue weighted by Crippen LogP contribution is -2.12. The second-order valence-electron chi connectivity index (χ2n) is 4.61. The Morgan fingerprint density at radius 3 is 2.21 bits per heavy atom. The van der Waals surface area contributed by atoms with Gasteiger partial charge in [0.1, 0.15) is 0 Å². The zero-order chi connectivity index (χ0) is 11.1. The van der Waals surface area contributed by atoms with Gasteiger partial charge in [0.15, 0.2) is 0 Å². The number of hydrogen-bond donors (Lipinski definition) is 1. The Hall–Kier alpha value is -0.560. The lowest BCUT2D eigenvalue weighted by Gasteiger charge is -2.15. The third-order valence-corrected chi connectivity index (χ3v) is 2.27. The normalized spacial score (nSPS) is 12.9. The van der Waals surface area contributed by atoms with E-state index in [9.17, 15) is 5.11 Å². The zero-order valence-corrected chi connectivity index (χ0v) is 9.84. The van der Waals surface area contributed by atoms with Crippen LogP contribution in [0.15, 0.2) is 24.3 Å². The van der Waals surface area contributed by atoms with Crippen molar-refractivity contribution in [3.63, 3.8) is 0 Å². The topological polar surface area (TPSA) is 20.2 Å². The highest BCUT2D eigenvalue weighted by Crippen LogP contribution is 2.17. The van der Waals surface area contributed by atoms with E-state index in [1.165, 1.54) is 5.57 Å². The van der Waals surface area contributed by atoms with Crippen LogP contribution < -0.4 is 0 Å². The van der Waals surface area contributed by atoms with Crippen LogP contribution in [0.3, 0.4) is 0 Å². The van der Waals surface area contributed by atoms with Crippen LogP contribution in [-0.4, -0.2) is 11.2 Å². The predicted molar refractivity (Wildman–Crippen MR) is 63.3 cm³/mol. The number of aliphatic hydroxyl groups is 1. The molecule has 0 aromatic rings. The minimum absolute atomic E-state index is 0.319. The maximum absolute atomic E-state index is 9.73. The number of aliphatic hydroxyl groups excluding tert-OH is 1. The summed E-state index contributed by atoms with van der Waals surface area (Å²) in [4.78, 5) is 0. The van der Waals surface area contributed by atoms with Crippen LogP contribution >= 0.6 is 0 Å². The highest BCUT2D eigenvalue weighted by molar-refractivity contribution is 5.02. The van der Waals surface area contributed by atoms with Gasteiger partial charge in [-0.05, 0) is 44.1 Å². The molecule has 1 nitrogen and oxygen atoms in total. The van der Waals surface area contributed by atoms with Crippen molar-refractivity contribution in [3.05, 3.63) is 24.3 Å². The Bertz CT molecular complexity index is 191. The molecule has 1 unspecified atom stereocenters. The van der Waals surface area contributed by atoms with Crippen molar-refractivity contribution >= 4 is 0 Å². The lowest BCUT2D eigenvalue weighted by molar-refractivity contribution is 0.179. The van der Waals surface area contributed by atoms with Crippen LogP contribution in [-0.2, 0) is 0 Å². The van der Waals surface area contributed by atoms with E-state index in [1.807, 2.05) is 6.92 Å². The molecule has 0 aromatic carbocycles. The van der Waals surface area contributed by atoms with Gasteiger partial charge >= 0.3 is 0 Å². The molecule has 1 heteroatoms. The van der Waals surface area contributed by atoms with E-state index in [-0.39, 0.29) is 6.10 Å². The Morgan fingerprint density at radius 2 is 1.79 bits per heavy atom. The first kappa shape index (κ1) is 13.4. The van der Waals surface area contributed by atoms with Crippen LogP contribution in [0.1, 0.15) is 46.5 Å². The Balaban J connectivity index is 3.67. The molecule has 0 bridgehead atoms. The summed E-state index contributed by atoms with van der Waals surface area (Å²) in [6, 6.07) is 0. The monoisotopic (exact) mass is 196 g/mol. The maximum atomic E-state index is 9.73. The summed E-state index contributed by atoms with van der Waals surface area (Å²) in [6.07, 6.45) is 3.52. The molecule has 0 heterocycles.